The maximum Gasteiger partial charge on any atom is 0.129 e. The predicted molar refractivity (Wildman–Crippen MR) is 65.2 cm³/mol. The fourth-order valence-electron chi connectivity index (χ4n) is 1.26. The quantitative estimate of drug-likeness (QED) is 0.602. The largest absolute Gasteiger partial charge is 0.245 e. The minimum absolute atomic E-state index is 0.210. The summed E-state index contributed by atoms with van der Waals surface area (Å²) < 4.78 is 12.9. The summed E-state index contributed by atoms with van der Waals surface area (Å²) in [4.78, 5) is 4.82. The Balaban J connectivity index is 2.02. The molecule has 1 heterocycles. The molecule has 0 fully saturated rings. The van der Waals surface area contributed by atoms with E-state index in [0.29, 0.717) is 5.15 Å². The van der Waals surface area contributed by atoms with Crippen LogP contribution in [0.4, 0.5) is 4.39 Å². The third-order valence-corrected chi connectivity index (χ3v) is 3.26. The van der Waals surface area contributed by atoms with E-state index in [1.54, 1.807) is 24.0 Å². The average Bonchev–Trinajstić information content (AvgIpc) is 2.27. The molecule has 1 nitrogen and oxygen atoms in total. The molecule has 0 radical (unpaired) electrons. The summed E-state index contributed by atoms with van der Waals surface area (Å²) in [5, 5.41) is 0.484. The number of nitrogens with zero attached hydrogens (tertiary/aromatic N) is 1. The zero-order valence-corrected chi connectivity index (χ0v) is 9.93. The van der Waals surface area contributed by atoms with Gasteiger partial charge in [0, 0.05) is 16.8 Å². The van der Waals surface area contributed by atoms with Crippen LogP contribution in [0.1, 0.15) is 5.56 Å². The minimum Gasteiger partial charge on any atom is -0.245 e. The number of pyridine rings is 1. The van der Waals surface area contributed by atoms with Crippen LogP contribution in [-0.4, -0.2) is 4.98 Å². The highest BCUT2D eigenvalue weighted by Gasteiger charge is 1.99. The highest BCUT2D eigenvalue weighted by atomic mass is 35.5. The van der Waals surface area contributed by atoms with Gasteiger partial charge in [-0.25, -0.2) is 9.37 Å². The third kappa shape index (κ3) is 3.22. The number of halogens is 2. The first-order chi connectivity index (χ1) is 7.74. The number of aromatic nitrogens is 1. The van der Waals surface area contributed by atoms with Crippen LogP contribution in [0.3, 0.4) is 0 Å². The smallest absolute Gasteiger partial charge is 0.129 e. The summed E-state index contributed by atoms with van der Waals surface area (Å²) in [5.41, 5.74) is 1.08. The molecule has 82 valence electrons. The highest BCUT2D eigenvalue weighted by Crippen LogP contribution is 2.23. The molecule has 16 heavy (non-hydrogen) atoms. The van der Waals surface area contributed by atoms with Gasteiger partial charge in [-0.15, -0.1) is 11.8 Å². The van der Waals surface area contributed by atoms with Crippen molar-refractivity contribution in [3.63, 3.8) is 0 Å². The molecule has 0 unspecified atom stereocenters. The van der Waals surface area contributed by atoms with Gasteiger partial charge in [-0.05, 0) is 35.9 Å². The van der Waals surface area contributed by atoms with E-state index in [0.717, 1.165) is 16.2 Å². The molecule has 1 aromatic heterocycles. The van der Waals surface area contributed by atoms with Crippen molar-refractivity contribution < 1.29 is 4.39 Å². The van der Waals surface area contributed by atoms with E-state index in [1.807, 2.05) is 18.2 Å². The van der Waals surface area contributed by atoms with Gasteiger partial charge < -0.3 is 0 Å². The molecule has 0 aliphatic heterocycles. The Labute approximate surface area is 103 Å². The van der Waals surface area contributed by atoms with E-state index in [9.17, 15) is 4.39 Å². The molecular weight excluding hydrogens is 245 g/mol. The molecule has 1 aromatic carbocycles. The molecule has 2 rings (SSSR count). The van der Waals surface area contributed by atoms with Crippen molar-refractivity contribution in [1.29, 1.82) is 0 Å². The lowest BCUT2D eigenvalue weighted by molar-refractivity contribution is 0.624. The van der Waals surface area contributed by atoms with Gasteiger partial charge in [-0.1, -0.05) is 17.7 Å². The van der Waals surface area contributed by atoms with E-state index in [1.165, 1.54) is 12.1 Å². The van der Waals surface area contributed by atoms with Crippen LogP contribution in [-0.2, 0) is 5.75 Å². The summed E-state index contributed by atoms with van der Waals surface area (Å²) in [6, 6.07) is 10.3. The van der Waals surface area contributed by atoms with Gasteiger partial charge in [-0.2, -0.15) is 0 Å². The lowest BCUT2D eigenvalue weighted by Gasteiger charge is -2.02. The molecule has 0 N–H and O–H groups in total. The summed E-state index contributed by atoms with van der Waals surface area (Å²) in [7, 11) is 0. The van der Waals surface area contributed by atoms with Gasteiger partial charge in [0.1, 0.15) is 11.0 Å². The van der Waals surface area contributed by atoms with Crippen molar-refractivity contribution in [2.45, 2.75) is 10.6 Å². The zero-order chi connectivity index (χ0) is 11.4. The van der Waals surface area contributed by atoms with Crippen molar-refractivity contribution in [1.82, 2.24) is 4.98 Å². The fraction of sp³-hybridized carbons (Fsp3) is 0.0833. The lowest BCUT2D eigenvalue weighted by Crippen LogP contribution is -1.83. The van der Waals surface area contributed by atoms with E-state index < -0.39 is 0 Å². The summed E-state index contributed by atoms with van der Waals surface area (Å²) in [5.74, 6) is 0.545. The normalized spacial score (nSPS) is 10.4. The van der Waals surface area contributed by atoms with E-state index >= 15 is 0 Å². The lowest BCUT2D eigenvalue weighted by atomic mass is 10.3. The van der Waals surface area contributed by atoms with E-state index in [-0.39, 0.29) is 5.82 Å². The molecule has 0 saturated heterocycles. The summed E-state index contributed by atoms with van der Waals surface area (Å²) >= 11 is 7.34. The number of rotatable bonds is 3. The Hall–Kier alpha value is -1.06. The SMILES string of the molecule is Fc1cccc(SCc2ccnc(Cl)c2)c1. The van der Waals surface area contributed by atoms with Gasteiger partial charge >= 0.3 is 0 Å². The van der Waals surface area contributed by atoms with Crippen LogP contribution in [0.15, 0.2) is 47.5 Å². The van der Waals surface area contributed by atoms with Gasteiger partial charge in [0.25, 0.3) is 0 Å². The molecule has 0 spiro atoms. The van der Waals surface area contributed by atoms with Gasteiger partial charge in [0.2, 0.25) is 0 Å². The van der Waals surface area contributed by atoms with Crippen molar-refractivity contribution in [3.05, 3.63) is 59.1 Å². The van der Waals surface area contributed by atoms with Crippen LogP contribution >= 0.6 is 23.4 Å². The van der Waals surface area contributed by atoms with E-state index in [2.05, 4.69) is 4.98 Å². The maximum absolute atomic E-state index is 12.9. The molecule has 2 aromatic rings. The molecule has 0 aliphatic carbocycles. The number of thioether (sulfide) groups is 1. The summed E-state index contributed by atoms with van der Waals surface area (Å²) in [6.07, 6.45) is 1.67. The first kappa shape index (κ1) is 11.4. The molecule has 0 aliphatic rings. The minimum atomic E-state index is -0.210. The Morgan fingerprint density at radius 3 is 2.88 bits per heavy atom. The van der Waals surface area contributed by atoms with Crippen molar-refractivity contribution in [3.8, 4) is 0 Å². The van der Waals surface area contributed by atoms with E-state index in [4.69, 9.17) is 11.6 Å². The molecule has 0 saturated carbocycles. The monoisotopic (exact) mass is 253 g/mol. The average molecular weight is 254 g/mol. The van der Waals surface area contributed by atoms with Gasteiger partial charge in [0.15, 0.2) is 0 Å². The molecular formula is C12H9ClFNS. The van der Waals surface area contributed by atoms with Crippen molar-refractivity contribution in [2.75, 3.05) is 0 Å². The Bertz CT molecular complexity index is 444. The second-order valence-corrected chi connectivity index (χ2v) is 4.67. The first-order valence-corrected chi connectivity index (χ1v) is 6.09. The first-order valence-electron chi connectivity index (χ1n) is 4.73. The standard InChI is InChI=1S/C12H9ClFNS/c13-12-6-9(4-5-15-12)8-16-11-3-1-2-10(14)7-11/h1-7H,8H2. The third-order valence-electron chi connectivity index (χ3n) is 1.99. The second kappa shape index (κ2) is 5.32. The van der Waals surface area contributed by atoms with Crippen molar-refractivity contribution >= 4 is 23.4 Å². The van der Waals surface area contributed by atoms with Crippen LogP contribution in [0, 0.1) is 5.82 Å². The second-order valence-electron chi connectivity index (χ2n) is 3.23. The Kier molecular flexibility index (Phi) is 3.80. The van der Waals surface area contributed by atoms with Crippen LogP contribution in [0.2, 0.25) is 5.15 Å². The van der Waals surface area contributed by atoms with Gasteiger partial charge in [-0.3, -0.25) is 0 Å². The Morgan fingerprint density at radius 1 is 1.25 bits per heavy atom. The predicted octanol–water partition coefficient (Wildman–Crippen LogP) is 4.17. The fourth-order valence-corrected chi connectivity index (χ4v) is 2.34. The molecule has 0 atom stereocenters. The molecule has 0 bridgehead atoms. The number of hydrogen-bond donors (Lipinski definition) is 0. The number of benzene rings is 1. The summed E-state index contributed by atoms with van der Waals surface area (Å²) in [6.45, 7) is 0. The maximum atomic E-state index is 12.9. The molecule has 0 amide bonds. The molecule has 4 heteroatoms. The zero-order valence-electron chi connectivity index (χ0n) is 8.36. The van der Waals surface area contributed by atoms with Crippen LogP contribution < -0.4 is 0 Å². The highest BCUT2D eigenvalue weighted by molar-refractivity contribution is 7.98. The van der Waals surface area contributed by atoms with Crippen LogP contribution in [0.5, 0.6) is 0 Å². The van der Waals surface area contributed by atoms with Gasteiger partial charge in [0.05, 0.1) is 0 Å². The van der Waals surface area contributed by atoms with Crippen molar-refractivity contribution in [2.24, 2.45) is 0 Å². The Morgan fingerprint density at radius 2 is 2.12 bits per heavy atom. The topological polar surface area (TPSA) is 12.9 Å². The van der Waals surface area contributed by atoms with Crippen LogP contribution in [0.25, 0.3) is 0 Å². The number of hydrogen-bond acceptors (Lipinski definition) is 2.